The van der Waals surface area contributed by atoms with Gasteiger partial charge in [-0.15, -0.1) is 0 Å². The number of alkyl halides is 52. The first-order valence-corrected chi connectivity index (χ1v) is 45.9. The van der Waals surface area contributed by atoms with E-state index < -0.39 is 274 Å². The molecule has 121 heavy (non-hydrogen) atoms. The van der Waals surface area contributed by atoms with E-state index in [4.69, 9.17) is 0 Å². The lowest BCUT2D eigenvalue weighted by atomic mass is 9.13. The highest BCUT2D eigenvalue weighted by atomic mass is 28.3. The van der Waals surface area contributed by atoms with Crippen LogP contribution in [0, 0.1) is 0 Å². The lowest BCUT2D eigenvalue weighted by Gasteiger charge is -2.45. The van der Waals surface area contributed by atoms with Crippen LogP contribution in [0.25, 0.3) is 0 Å². The minimum Gasteiger partial charge on any atom is -0.200 e. The Labute approximate surface area is 650 Å². The van der Waals surface area contributed by atoms with E-state index in [0.717, 1.165) is 149 Å². The highest BCUT2D eigenvalue weighted by Gasteiger charge is 2.95. The normalized spacial score (nSPS) is 16.0. The molecule has 0 aliphatic carbocycles. The van der Waals surface area contributed by atoms with Gasteiger partial charge in [-0.3, -0.25) is 0 Å². The Balaban J connectivity index is 2.17. The summed E-state index contributed by atoms with van der Waals surface area (Å²) in [6.45, 7) is 6.53. The van der Waals surface area contributed by atoms with Gasteiger partial charge in [0, 0.05) is 25.7 Å². The molecule has 0 saturated carbocycles. The second-order valence-electron chi connectivity index (χ2n) is 30.9. The second kappa shape index (κ2) is 31.3. The van der Waals surface area contributed by atoms with Crippen molar-refractivity contribution in [3.05, 3.63) is 97.1 Å². The summed E-state index contributed by atoms with van der Waals surface area (Å²) in [6, 6.07) is 5.43. The number of rotatable bonds is 36. The van der Waals surface area contributed by atoms with Crippen molar-refractivity contribution >= 4 is 81.0 Å². The molecule has 0 unspecified atom stereocenters. The van der Waals surface area contributed by atoms with Gasteiger partial charge in [-0.05, 0) is 24.2 Å². The predicted molar refractivity (Wildman–Crippen MR) is 339 cm³/mol. The fourth-order valence-corrected chi connectivity index (χ4v) is 21.5. The van der Waals surface area contributed by atoms with E-state index in [2.05, 4.69) is 0 Å². The molecular formula is C64H56BF52Si4-. The maximum absolute atomic E-state index is 15.4. The van der Waals surface area contributed by atoms with Crippen LogP contribution in [0.2, 0.25) is 76.6 Å². The Morgan fingerprint density at radius 3 is 0.380 bits per heavy atom. The molecule has 0 aromatic heterocycles. The maximum atomic E-state index is 15.4. The molecule has 4 rings (SSSR count). The molecule has 57 heteroatoms. The number of benzene rings is 4. The molecule has 0 fully saturated rings. The molecule has 0 aliphatic heterocycles. The van der Waals surface area contributed by atoms with Gasteiger partial charge in [-0.1, -0.05) is 170 Å². The Morgan fingerprint density at radius 1 is 0.165 bits per heavy atom. The Bertz CT molecular complexity index is 3680. The van der Waals surface area contributed by atoms with E-state index in [9.17, 15) is 193 Å². The largest absolute Gasteiger partial charge is 0.460 e. The summed E-state index contributed by atoms with van der Waals surface area (Å²) in [5.41, 5.74) is -2.01. The van der Waals surface area contributed by atoms with Gasteiger partial charge in [0.2, 0.25) is 0 Å². The second-order valence-corrected chi connectivity index (χ2v) is 50.3. The Morgan fingerprint density at radius 2 is 0.273 bits per heavy atom. The van der Waals surface area contributed by atoms with Crippen LogP contribution in [0.5, 0.6) is 0 Å². The summed E-state index contributed by atoms with van der Waals surface area (Å²) in [6.07, 6.45) is -46.6. The number of halogens is 52. The summed E-state index contributed by atoms with van der Waals surface area (Å²) in [5.74, 6) is -158. The first kappa shape index (κ1) is 108. The van der Waals surface area contributed by atoms with Gasteiger partial charge >= 0.3 is 143 Å². The zero-order chi connectivity index (χ0) is 96.1. The van der Waals surface area contributed by atoms with Gasteiger partial charge in [0.05, 0.1) is 32.3 Å². The molecule has 696 valence electrons. The molecule has 4 aromatic carbocycles. The zero-order valence-corrected chi connectivity index (χ0v) is 65.1. The first-order chi connectivity index (χ1) is 52.7. The van der Waals surface area contributed by atoms with Gasteiger partial charge in [-0.2, -0.15) is 250 Å². The Hall–Kier alpha value is -5.83. The van der Waals surface area contributed by atoms with Crippen molar-refractivity contribution in [2.24, 2.45) is 0 Å². The van der Waals surface area contributed by atoms with E-state index in [1.54, 1.807) is 0 Å². The quantitative estimate of drug-likeness (QED) is 0.0314. The molecule has 0 aliphatic rings. The molecule has 0 N–H and O–H groups in total. The van der Waals surface area contributed by atoms with Crippen LogP contribution in [0.15, 0.2) is 97.1 Å². The first-order valence-electron chi connectivity index (χ1n) is 33.1. The molecule has 0 radical (unpaired) electrons. The van der Waals surface area contributed by atoms with Crippen LogP contribution in [-0.4, -0.2) is 182 Å². The van der Waals surface area contributed by atoms with Crippen LogP contribution < -0.4 is 42.6 Å². The smallest absolute Gasteiger partial charge is 0.200 e. The fourth-order valence-electron chi connectivity index (χ4n) is 12.3. The average molecular weight is 1940 g/mol. The van der Waals surface area contributed by atoms with Crippen LogP contribution in [-0.2, 0) is 0 Å². The van der Waals surface area contributed by atoms with Crippen molar-refractivity contribution in [3.8, 4) is 0 Å². The topological polar surface area (TPSA) is 0 Å². The molecule has 4 aromatic rings. The summed E-state index contributed by atoms with van der Waals surface area (Å²) in [5, 5.41) is -1.93. The minimum atomic E-state index is -8.39. The third-order valence-electron chi connectivity index (χ3n) is 21.0. The van der Waals surface area contributed by atoms with Crippen LogP contribution in [0.3, 0.4) is 0 Å². The van der Waals surface area contributed by atoms with E-state index in [1.807, 2.05) is 0 Å². The van der Waals surface area contributed by atoms with Crippen molar-refractivity contribution in [1.29, 1.82) is 0 Å². The zero-order valence-electron chi connectivity index (χ0n) is 61.1. The average Bonchev–Trinajstić information content (AvgIpc) is 0.713. The predicted octanol–water partition coefficient (Wildman–Crippen LogP) is 23.2. The molecule has 0 amide bonds. The highest BCUT2D eigenvalue weighted by molar-refractivity contribution is 7.20. The third kappa shape index (κ3) is 17.1. The van der Waals surface area contributed by atoms with Gasteiger partial charge in [0.25, 0.3) is 0 Å². The molecule has 0 nitrogen and oxygen atoms in total. The highest BCUT2D eigenvalue weighted by Crippen LogP contribution is 2.66. The Kier molecular flexibility index (Phi) is 27.8. The SMILES string of the molecule is C[Si](C)(CCC(F)(F)C(F)(F)C(F)(F)C(F)(F)C(F)(F)C(F)(F)F)c1ccc([B-](c2ccc([Si](C)(C)CCC(F)(F)C(F)(F)C(F)(F)C(F)(F)C(F)(F)C(F)(F)F)cc2)(c2ccc([Si](C)(C)CCC(F)(F)C(F)(F)C(F)(F)C(F)(F)C(F)(F)C(F)(F)F)cc2)c2ccc([Si](C)(C)CCC(F)(F)C(F)(F)C(F)(F)C(F)(F)C(F)(F)C(F)(F)F)cc2)cc1. The van der Waals surface area contributed by atoms with Crippen molar-refractivity contribution in [2.75, 3.05) is 0 Å². The van der Waals surface area contributed by atoms with Gasteiger partial charge in [0.15, 0.2) is 0 Å². The van der Waals surface area contributed by atoms with Crippen molar-refractivity contribution in [1.82, 2.24) is 0 Å². The van der Waals surface area contributed by atoms with Gasteiger partial charge in [-0.25, -0.2) is 0 Å². The van der Waals surface area contributed by atoms with E-state index >= 15 is 35.1 Å². The summed E-state index contributed by atoms with van der Waals surface area (Å²) in [4.78, 5) is 0. The summed E-state index contributed by atoms with van der Waals surface area (Å²) >= 11 is 0. The van der Waals surface area contributed by atoms with Crippen molar-refractivity contribution in [2.45, 2.75) is 245 Å². The molecule has 0 heterocycles. The number of hydrogen-bond donors (Lipinski definition) is 0. The molecule has 0 atom stereocenters. The molecule has 0 bridgehead atoms. The summed E-state index contributed by atoms with van der Waals surface area (Å²) < 4.78 is 737. The third-order valence-corrected chi connectivity index (χ3v) is 34.6. The summed E-state index contributed by atoms with van der Waals surface area (Å²) in [7, 11) is -17.5. The van der Waals surface area contributed by atoms with E-state index in [0.29, 0.717) is 0 Å². The van der Waals surface area contributed by atoms with Crippen molar-refractivity contribution < 1.29 is 228 Å². The maximum Gasteiger partial charge on any atom is 0.460 e. The number of hydrogen-bond acceptors (Lipinski definition) is 0. The van der Waals surface area contributed by atoms with Gasteiger partial charge in [0.1, 0.15) is 6.15 Å². The molecule has 0 saturated heterocycles. The van der Waals surface area contributed by atoms with Gasteiger partial charge < -0.3 is 0 Å². The van der Waals surface area contributed by atoms with E-state index in [1.165, 1.54) is 0 Å². The minimum absolute atomic E-state index is 0.483. The van der Waals surface area contributed by atoms with E-state index in [-0.39, 0.29) is 0 Å². The van der Waals surface area contributed by atoms with Crippen LogP contribution in [0.1, 0.15) is 25.7 Å². The lowest BCUT2D eigenvalue weighted by molar-refractivity contribution is -0.440. The lowest BCUT2D eigenvalue weighted by Crippen LogP contribution is -2.75. The monoisotopic (exact) mass is 1940 g/mol. The molecular weight excluding hydrogens is 1880 g/mol. The van der Waals surface area contributed by atoms with Crippen LogP contribution in [0.4, 0.5) is 228 Å². The van der Waals surface area contributed by atoms with Crippen molar-refractivity contribution in [3.63, 3.8) is 0 Å². The standard InChI is InChI=1S/C64H56BF52Si4/c1-118(2,29-25-41(66,67)45(74,75)49(82,83)53(90,91)57(98,99)61(106,107)108)37-17-9-33(10-18-37)65(34-11-19-38(20-12-34)119(3,4)30-26-42(68,69)46(76,77)50(84,85)54(92,93)58(100,101)62(109,110)111,35-13-21-39(22-14-35)120(5,6)31-27-43(70,71)47(78,79)51(86,87)55(94,95)59(102,103)63(112,113)114)36-15-23-40(24-16-36)121(7,8)32-28-44(72,73)48(80,81)52(88,89)56(96,97)60(104,105)64(115,116)117/h9-24H,25-32H2,1-8H3/q-1. The fraction of sp³-hybridized carbons (Fsp3) is 0.625. The van der Waals surface area contributed by atoms with Crippen LogP contribution >= 0.6 is 0 Å². The molecule has 0 spiro atoms.